The molecule has 19 heavy (non-hydrogen) atoms. The van der Waals surface area contributed by atoms with Gasteiger partial charge in [-0.3, -0.25) is 4.79 Å². The van der Waals surface area contributed by atoms with Crippen LogP contribution in [0.5, 0.6) is 0 Å². The van der Waals surface area contributed by atoms with E-state index < -0.39 is 5.97 Å². The maximum absolute atomic E-state index is 10.6. The third kappa shape index (κ3) is 2.66. The molecule has 2 unspecified atom stereocenters. The summed E-state index contributed by atoms with van der Waals surface area (Å²) in [7, 11) is 0. The number of ether oxygens (including phenoxy) is 1. The second kappa shape index (κ2) is 4.86. The molecule has 1 aliphatic rings. The topological polar surface area (TPSA) is 49.8 Å². The predicted octanol–water partition coefficient (Wildman–Crippen LogP) is 3.27. The summed E-state index contributed by atoms with van der Waals surface area (Å²) in [6, 6.07) is 18.3. The molecule has 1 saturated heterocycles. The van der Waals surface area contributed by atoms with E-state index in [2.05, 4.69) is 12.1 Å². The molecule has 0 spiro atoms. The first-order chi connectivity index (χ1) is 9.24. The van der Waals surface area contributed by atoms with Gasteiger partial charge >= 0.3 is 5.97 Å². The van der Waals surface area contributed by atoms with Crippen molar-refractivity contribution in [2.45, 2.75) is 18.6 Å². The van der Waals surface area contributed by atoms with Crippen molar-refractivity contribution in [2.75, 3.05) is 0 Å². The fourth-order valence-corrected chi connectivity index (χ4v) is 2.26. The highest BCUT2D eigenvalue weighted by Gasteiger charge is 2.41. The standard InChI is InChI=1S/C16H14O3/c17-15(18)10-14-16(19-14)13-8-6-12(7-9-13)11-4-2-1-3-5-11/h1-9,14,16H,10H2,(H,17,18). The van der Waals surface area contributed by atoms with Crippen molar-refractivity contribution in [1.82, 2.24) is 0 Å². The fraction of sp³-hybridized carbons (Fsp3) is 0.188. The van der Waals surface area contributed by atoms with Crippen LogP contribution in [0, 0.1) is 0 Å². The zero-order chi connectivity index (χ0) is 13.2. The number of rotatable bonds is 4. The quantitative estimate of drug-likeness (QED) is 0.852. The van der Waals surface area contributed by atoms with Gasteiger partial charge in [-0.15, -0.1) is 0 Å². The molecule has 0 aliphatic carbocycles. The van der Waals surface area contributed by atoms with E-state index in [4.69, 9.17) is 9.84 Å². The van der Waals surface area contributed by atoms with E-state index in [0.717, 1.165) is 11.1 Å². The second-order valence-electron chi connectivity index (χ2n) is 4.68. The Morgan fingerprint density at radius 3 is 2.26 bits per heavy atom. The summed E-state index contributed by atoms with van der Waals surface area (Å²) in [5, 5.41) is 8.70. The Kier molecular flexibility index (Phi) is 3.05. The predicted molar refractivity (Wildman–Crippen MR) is 71.7 cm³/mol. The Balaban J connectivity index is 1.72. The summed E-state index contributed by atoms with van der Waals surface area (Å²) in [4.78, 5) is 10.6. The molecule has 96 valence electrons. The van der Waals surface area contributed by atoms with Gasteiger partial charge in [-0.25, -0.2) is 0 Å². The number of carboxylic acid groups (broad SMARTS) is 1. The molecule has 0 saturated carbocycles. The van der Waals surface area contributed by atoms with E-state index >= 15 is 0 Å². The van der Waals surface area contributed by atoms with Gasteiger partial charge in [-0.05, 0) is 16.7 Å². The van der Waals surface area contributed by atoms with Crippen molar-refractivity contribution in [2.24, 2.45) is 0 Å². The van der Waals surface area contributed by atoms with Crippen LogP contribution in [0.4, 0.5) is 0 Å². The Morgan fingerprint density at radius 1 is 1.00 bits per heavy atom. The van der Waals surface area contributed by atoms with Crippen LogP contribution in [0.3, 0.4) is 0 Å². The van der Waals surface area contributed by atoms with Gasteiger partial charge in [0.15, 0.2) is 0 Å². The summed E-state index contributed by atoms with van der Waals surface area (Å²) in [6.07, 6.45) is -0.147. The zero-order valence-corrected chi connectivity index (χ0v) is 10.3. The van der Waals surface area contributed by atoms with Crippen LogP contribution in [0.15, 0.2) is 54.6 Å². The lowest BCUT2D eigenvalue weighted by Gasteiger charge is -2.02. The van der Waals surface area contributed by atoms with Gasteiger partial charge in [-0.2, -0.15) is 0 Å². The molecular formula is C16H14O3. The number of aliphatic carboxylic acids is 1. The van der Waals surface area contributed by atoms with Crippen molar-refractivity contribution in [3.63, 3.8) is 0 Å². The van der Waals surface area contributed by atoms with E-state index in [0.29, 0.717) is 0 Å². The minimum absolute atomic E-state index is 0.0547. The lowest BCUT2D eigenvalue weighted by molar-refractivity contribution is -0.137. The van der Waals surface area contributed by atoms with Gasteiger partial charge in [0.05, 0.1) is 12.5 Å². The number of carboxylic acids is 1. The first-order valence-corrected chi connectivity index (χ1v) is 6.26. The highest BCUT2D eigenvalue weighted by atomic mass is 16.6. The van der Waals surface area contributed by atoms with Crippen LogP contribution < -0.4 is 0 Å². The van der Waals surface area contributed by atoms with E-state index in [9.17, 15) is 4.79 Å². The van der Waals surface area contributed by atoms with Crippen LogP contribution in [0.2, 0.25) is 0 Å². The van der Waals surface area contributed by atoms with E-state index in [-0.39, 0.29) is 18.6 Å². The monoisotopic (exact) mass is 254 g/mol. The normalized spacial score (nSPS) is 21.1. The summed E-state index contributed by atoms with van der Waals surface area (Å²) in [5.74, 6) is -0.812. The first-order valence-electron chi connectivity index (χ1n) is 6.26. The third-order valence-electron chi connectivity index (χ3n) is 3.30. The molecule has 0 amide bonds. The largest absolute Gasteiger partial charge is 0.481 e. The average molecular weight is 254 g/mol. The van der Waals surface area contributed by atoms with Crippen LogP contribution in [0.25, 0.3) is 11.1 Å². The third-order valence-corrected chi connectivity index (χ3v) is 3.30. The molecule has 0 radical (unpaired) electrons. The van der Waals surface area contributed by atoms with Gasteiger partial charge in [0, 0.05) is 0 Å². The minimum Gasteiger partial charge on any atom is -0.481 e. The first kappa shape index (κ1) is 11.9. The SMILES string of the molecule is O=C(O)CC1OC1c1ccc(-c2ccccc2)cc1. The molecule has 3 nitrogen and oxygen atoms in total. The Labute approximate surface area is 111 Å². The van der Waals surface area contributed by atoms with E-state index in [1.54, 1.807) is 0 Å². The van der Waals surface area contributed by atoms with Crippen molar-refractivity contribution >= 4 is 5.97 Å². The minimum atomic E-state index is -0.812. The van der Waals surface area contributed by atoms with Crippen LogP contribution >= 0.6 is 0 Å². The Bertz CT molecular complexity index is 575. The number of hydrogen-bond acceptors (Lipinski definition) is 2. The highest BCUT2D eigenvalue weighted by Crippen LogP contribution is 2.41. The maximum atomic E-state index is 10.6. The average Bonchev–Trinajstić information content (AvgIpc) is 3.18. The molecule has 2 aromatic rings. The molecule has 2 aromatic carbocycles. The molecule has 2 atom stereocenters. The van der Waals surface area contributed by atoms with Crippen molar-refractivity contribution in [3.05, 3.63) is 60.2 Å². The molecule has 0 aromatic heterocycles. The number of benzene rings is 2. The fourth-order valence-electron chi connectivity index (χ4n) is 2.26. The summed E-state index contributed by atoms with van der Waals surface area (Å²) >= 11 is 0. The van der Waals surface area contributed by atoms with E-state index in [1.807, 2.05) is 42.5 Å². The summed E-state index contributed by atoms with van der Waals surface area (Å²) in [6.45, 7) is 0. The zero-order valence-electron chi connectivity index (χ0n) is 10.3. The number of carbonyl (C=O) groups is 1. The lowest BCUT2D eigenvalue weighted by Crippen LogP contribution is -2.00. The van der Waals surface area contributed by atoms with Crippen molar-refractivity contribution in [1.29, 1.82) is 0 Å². The second-order valence-corrected chi connectivity index (χ2v) is 4.68. The summed E-state index contributed by atoms with van der Waals surface area (Å²) < 4.78 is 5.38. The number of hydrogen-bond donors (Lipinski definition) is 1. The van der Waals surface area contributed by atoms with Gasteiger partial charge in [0.2, 0.25) is 0 Å². The molecule has 1 N–H and O–H groups in total. The van der Waals surface area contributed by atoms with E-state index in [1.165, 1.54) is 5.56 Å². The van der Waals surface area contributed by atoms with Crippen LogP contribution in [-0.4, -0.2) is 17.2 Å². The van der Waals surface area contributed by atoms with Crippen LogP contribution in [-0.2, 0) is 9.53 Å². The molecule has 1 fully saturated rings. The van der Waals surface area contributed by atoms with Crippen LogP contribution in [0.1, 0.15) is 18.1 Å². The Hall–Kier alpha value is -2.13. The van der Waals surface area contributed by atoms with Gasteiger partial charge < -0.3 is 9.84 Å². The van der Waals surface area contributed by atoms with Crippen molar-refractivity contribution < 1.29 is 14.6 Å². The molecular weight excluding hydrogens is 240 g/mol. The van der Waals surface area contributed by atoms with Gasteiger partial charge in [-0.1, -0.05) is 54.6 Å². The maximum Gasteiger partial charge on any atom is 0.306 e. The highest BCUT2D eigenvalue weighted by molar-refractivity contribution is 5.68. The molecule has 0 bridgehead atoms. The van der Waals surface area contributed by atoms with Gasteiger partial charge in [0.1, 0.15) is 6.10 Å². The summed E-state index contributed by atoms with van der Waals surface area (Å²) in [5.41, 5.74) is 3.37. The molecule has 3 rings (SSSR count). The molecule has 1 heterocycles. The lowest BCUT2D eigenvalue weighted by atomic mass is 10.0. The van der Waals surface area contributed by atoms with Crippen molar-refractivity contribution in [3.8, 4) is 11.1 Å². The van der Waals surface area contributed by atoms with Gasteiger partial charge in [0.25, 0.3) is 0 Å². The number of epoxide rings is 1. The molecule has 1 aliphatic heterocycles. The smallest absolute Gasteiger partial charge is 0.306 e. The molecule has 3 heteroatoms. The Morgan fingerprint density at radius 2 is 1.63 bits per heavy atom.